The number of hydrogen-bond acceptors (Lipinski definition) is 3. The number of halogens is 2. The Hall–Kier alpha value is -2.40. The number of esters is 1. The van der Waals surface area contributed by atoms with Crippen LogP contribution < -0.4 is 4.74 Å². The third-order valence-corrected chi connectivity index (χ3v) is 3.58. The largest absolute Gasteiger partial charge is 0.422 e. The van der Waals surface area contributed by atoms with Crippen LogP contribution in [0.1, 0.15) is 18.2 Å². The zero-order chi connectivity index (χ0) is 15.7. The molecule has 3 rings (SSSR count). The summed E-state index contributed by atoms with van der Waals surface area (Å²) in [5, 5.41) is 8.06. The Bertz CT molecular complexity index is 860. The number of ether oxygens (including phenoxy) is 1. The molecule has 22 heavy (non-hydrogen) atoms. The highest BCUT2D eigenvalue weighted by Gasteiger charge is 2.17. The lowest BCUT2D eigenvalue weighted by Gasteiger charge is -2.09. The van der Waals surface area contributed by atoms with E-state index in [2.05, 4.69) is 10.2 Å². The lowest BCUT2D eigenvalue weighted by atomic mass is 10.1. The molecular weight excluding hydrogens is 307 g/mol. The number of benzene rings is 2. The minimum absolute atomic E-state index is 0.0610. The molecule has 0 unspecified atom stereocenters. The molecule has 4 nitrogen and oxygen atoms in total. The zero-order valence-corrected chi connectivity index (χ0v) is 12.4. The molecule has 0 bridgehead atoms. The van der Waals surface area contributed by atoms with Crippen molar-refractivity contribution in [2.75, 3.05) is 0 Å². The van der Waals surface area contributed by atoms with Crippen molar-refractivity contribution in [2.24, 2.45) is 0 Å². The molecule has 0 atom stereocenters. The molecule has 1 heterocycles. The Balaban J connectivity index is 2.00. The first kappa shape index (κ1) is 14.5. The molecule has 0 saturated carbocycles. The van der Waals surface area contributed by atoms with E-state index in [0.717, 1.165) is 16.6 Å². The van der Waals surface area contributed by atoms with Crippen LogP contribution in [-0.4, -0.2) is 16.2 Å². The van der Waals surface area contributed by atoms with Crippen LogP contribution in [0, 0.1) is 5.82 Å². The number of para-hydroxylation sites is 1. The molecule has 2 aromatic carbocycles. The molecule has 0 aliphatic rings. The highest BCUT2D eigenvalue weighted by Crippen LogP contribution is 2.31. The van der Waals surface area contributed by atoms with Crippen LogP contribution in [0.4, 0.5) is 4.39 Å². The number of nitrogens with one attached hydrogen (secondary N) is 1. The SMILES string of the molecule is CC(=O)Oc1c(Cl)ccc(Cc2[nH]nc3ccccc23)c1F. The summed E-state index contributed by atoms with van der Waals surface area (Å²) in [5.74, 6) is -1.50. The summed E-state index contributed by atoms with van der Waals surface area (Å²) in [4.78, 5) is 11.1. The van der Waals surface area contributed by atoms with Crippen molar-refractivity contribution in [3.63, 3.8) is 0 Å². The van der Waals surface area contributed by atoms with Crippen molar-refractivity contribution in [3.05, 3.63) is 58.5 Å². The number of fused-ring (bicyclic) bond motifs is 1. The van der Waals surface area contributed by atoms with E-state index >= 15 is 0 Å². The van der Waals surface area contributed by atoms with E-state index in [1.54, 1.807) is 6.07 Å². The molecule has 1 N–H and O–H groups in total. The molecule has 0 radical (unpaired) electrons. The summed E-state index contributed by atoms with van der Waals surface area (Å²) in [7, 11) is 0. The quantitative estimate of drug-likeness (QED) is 0.589. The van der Waals surface area contributed by atoms with Gasteiger partial charge in [-0.15, -0.1) is 0 Å². The van der Waals surface area contributed by atoms with E-state index in [4.69, 9.17) is 16.3 Å². The molecule has 0 fully saturated rings. The summed E-state index contributed by atoms with van der Waals surface area (Å²) >= 11 is 5.89. The van der Waals surface area contributed by atoms with Crippen LogP contribution >= 0.6 is 11.6 Å². The molecule has 0 aliphatic heterocycles. The molecule has 112 valence electrons. The number of aromatic amines is 1. The first-order chi connectivity index (χ1) is 10.6. The van der Waals surface area contributed by atoms with Crippen LogP contribution in [0.25, 0.3) is 10.9 Å². The number of carbonyl (C=O) groups is 1. The van der Waals surface area contributed by atoms with Crippen LogP contribution in [0.3, 0.4) is 0 Å². The van der Waals surface area contributed by atoms with Crippen molar-refractivity contribution >= 4 is 28.5 Å². The van der Waals surface area contributed by atoms with Crippen molar-refractivity contribution < 1.29 is 13.9 Å². The van der Waals surface area contributed by atoms with Gasteiger partial charge in [-0.3, -0.25) is 9.89 Å². The minimum atomic E-state index is -0.638. The van der Waals surface area contributed by atoms with Gasteiger partial charge in [-0.05, 0) is 17.7 Å². The van der Waals surface area contributed by atoms with Gasteiger partial charge in [-0.2, -0.15) is 5.10 Å². The van der Waals surface area contributed by atoms with Gasteiger partial charge in [0, 0.05) is 24.4 Å². The Morgan fingerprint density at radius 2 is 2.09 bits per heavy atom. The summed E-state index contributed by atoms with van der Waals surface area (Å²) < 4.78 is 19.3. The smallest absolute Gasteiger partial charge is 0.308 e. The number of H-pyrrole nitrogens is 1. The Morgan fingerprint density at radius 3 is 2.86 bits per heavy atom. The molecule has 0 saturated heterocycles. The summed E-state index contributed by atoms with van der Waals surface area (Å²) in [5.41, 5.74) is 1.97. The standard InChI is InChI=1S/C16H12ClFN2O2/c1-9(21)22-16-12(17)7-6-10(15(16)18)8-14-11-4-2-3-5-13(11)19-20-14/h2-7H,8H2,1H3,(H,19,20). The monoisotopic (exact) mass is 318 g/mol. The van der Waals surface area contributed by atoms with Crippen LogP contribution in [0.15, 0.2) is 36.4 Å². The Labute approximate surface area is 130 Å². The van der Waals surface area contributed by atoms with Crippen LogP contribution in [0.5, 0.6) is 5.75 Å². The van der Waals surface area contributed by atoms with Gasteiger partial charge in [0.05, 0.1) is 10.5 Å². The van der Waals surface area contributed by atoms with Crippen molar-refractivity contribution in [2.45, 2.75) is 13.3 Å². The van der Waals surface area contributed by atoms with Gasteiger partial charge in [-0.25, -0.2) is 4.39 Å². The van der Waals surface area contributed by atoms with E-state index in [9.17, 15) is 9.18 Å². The predicted molar refractivity (Wildman–Crippen MR) is 81.6 cm³/mol. The fourth-order valence-electron chi connectivity index (χ4n) is 2.29. The van der Waals surface area contributed by atoms with Crippen molar-refractivity contribution in [1.29, 1.82) is 0 Å². The van der Waals surface area contributed by atoms with Crippen LogP contribution in [-0.2, 0) is 11.2 Å². The van der Waals surface area contributed by atoms with Crippen molar-refractivity contribution in [3.8, 4) is 5.75 Å². The maximum atomic E-state index is 14.5. The van der Waals surface area contributed by atoms with Gasteiger partial charge < -0.3 is 4.74 Å². The summed E-state index contributed by atoms with van der Waals surface area (Å²) in [6.07, 6.45) is 0.289. The molecule has 1 aromatic heterocycles. The van der Waals surface area contributed by atoms with Gasteiger partial charge in [0.15, 0.2) is 11.6 Å². The van der Waals surface area contributed by atoms with Crippen LogP contribution in [0.2, 0.25) is 5.02 Å². The van der Waals surface area contributed by atoms with Gasteiger partial charge in [0.2, 0.25) is 0 Å². The summed E-state index contributed by atoms with van der Waals surface area (Å²) in [6, 6.07) is 10.6. The average Bonchev–Trinajstić information content (AvgIpc) is 2.89. The van der Waals surface area contributed by atoms with E-state index in [0.29, 0.717) is 5.56 Å². The first-order valence-electron chi connectivity index (χ1n) is 6.63. The van der Waals surface area contributed by atoms with Crippen molar-refractivity contribution in [1.82, 2.24) is 10.2 Å². The first-order valence-corrected chi connectivity index (χ1v) is 7.01. The topological polar surface area (TPSA) is 55.0 Å². The lowest BCUT2D eigenvalue weighted by Crippen LogP contribution is -2.06. The maximum absolute atomic E-state index is 14.5. The molecule has 0 aliphatic carbocycles. The highest BCUT2D eigenvalue weighted by atomic mass is 35.5. The Morgan fingerprint density at radius 1 is 1.32 bits per heavy atom. The molecule has 0 spiro atoms. The fraction of sp³-hybridized carbons (Fsp3) is 0.125. The molecular formula is C16H12ClFN2O2. The number of rotatable bonds is 3. The molecule has 3 aromatic rings. The fourth-order valence-corrected chi connectivity index (χ4v) is 2.47. The number of hydrogen-bond donors (Lipinski definition) is 1. The second-order valence-electron chi connectivity index (χ2n) is 4.84. The third-order valence-electron chi connectivity index (χ3n) is 3.28. The number of nitrogens with zero attached hydrogens (tertiary/aromatic N) is 1. The molecule has 6 heteroatoms. The lowest BCUT2D eigenvalue weighted by molar-refractivity contribution is -0.132. The maximum Gasteiger partial charge on any atom is 0.308 e. The van der Waals surface area contributed by atoms with E-state index in [1.807, 2.05) is 24.3 Å². The van der Waals surface area contributed by atoms with Gasteiger partial charge >= 0.3 is 5.97 Å². The predicted octanol–water partition coefficient (Wildman–Crippen LogP) is 3.87. The van der Waals surface area contributed by atoms with Gasteiger partial charge in [0.25, 0.3) is 0 Å². The number of carbonyl (C=O) groups excluding carboxylic acids is 1. The third kappa shape index (κ3) is 2.67. The van der Waals surface area contributed by atoms with Gasteiger partial charge in [0.1, 0.15) is 0 Å². The van der Waals surface area contributed by atoms with Gasteiger partial charge in [-0.1, -0.05) is 35.9 Å². The number of aromatic nitrogens is 2. The Kier molecular flexibility index (Phi) is 3.81. The molecule has 0 amide bonds. The highest BCUT2D eigenvalue weighted by molar-refractivity contribution is 6.32. The van der Waals surface area contributed by atoms with E-state index in [-0.39, 0.29) is 17.2 Å². The summed E-state index contributed by atoms with van der Waals surface area (Å²) in [6.45, 7) is 1.20. The second kappa shape index (κ2) is 5.77. The van der Waals surface area contributed by atoms with E-state index < -0.39 is 11.8 Å². The normalized spacial score (nSPS) is 10.9. The zero-order valence-electron chi connectivity index (χ0n) is 11.7. The minimum Gasteiger partial charge on any atom is -0.422 e. The van der Waals surface area contributed by atoms with E-state index in [1.165, 1.54) is 13.0 Å². The second-order valence-corrected chi connectivity index (χ2v) is 5.25. The average molecular weight is 319 g/mol.